The zero-order chi connectivity index (χ0) is 11.5. The molecule has 1 heterocycles. The van der Waals surface area contributed by atoms with E-state index in [1.165, 1.54) is 0 Å². The van der Waals surface area contributed by atoms with Crippen LogP contribution in [-0.4, -0.2) is 17.2 Å². The molecule has 6 heteroatoms. The summed E-state index contributed by atoms with van der Waals surface area (Å²) in [6.07, 6.45) is -5.10. The first kappa shape index (κ1) is 12.4. The van der Waals surface area contributed by atoms with Crippen molar-refractivity contribution in [2.24, 2.45) is 0 Å². The molecule has 1 aromatic rings. The molecule has 0 spiro atoms. The Balaban J connectivity index is 2.49. The van der Waals surface area contributed by atoms with Crippen LogP contribution in [0.3, 0.4) is 0 Å². The van der Waals surface area contributed by atoms with Crippen LogP contribution in [0, 0.1) is 0 Å². The van der Waals surface area contributed by atoms with Crippen LogP contribution >= 0.6 is 11.3 Å². The molecule has 1 rings (SSSR count). The third kappa shape index (κ3) is 5.13. The van der Waals surface area contributed by atoms with Crippen LogP contribution in [0.15, 0.2) is 5.38 Å². The van der Waals surface area contributed by atoms with Gasteiger partial charge in [-0.15, -0.1) is 11.3 Å². The molecule has 0 atom stereocenters. The summed E-state index contributed by atoms with van der Waals surface area (Å²) in [4.78, 5) is 3.90. The third-order valence-corrected chi connectivity index (χ3v) is 2.54. The highest BCUT2D eigenvalue weighted by Crippen LogP contribution is 2.23. The van der Waals surface area contributed by atoms with Gasteiger partial charge in [-0.1, -0.05) is 13.8 Å². The van der Waals surface area contributed by atoms with Crippen LogP contribution in [-0.2, 0) is 13.0 Å². The summed E-state index contributed by atoms with van der Waals surface area (Å²) in [7, 11) is 0. The summed E-state index contributed by atoms with van der Waals surface area (Å²) < 4.78 is 36.0. The van der Waals surface area contributed by atoms with E-state index >= 15 is 0 Å². The van der Waals surface area contributed by atoms with Gasteiger partial charge >= 0.3 is 6.18 Å². The molecule has 0 aromatic carbocycles. The molecule has 1 N–H and O–H groups in total. The topological polar surface area (TPSA) is 24.9 Å². The Morgan fingerprint density at radius 2 is 2.13 bits per heavy atom. The fourth-order valence-corrected chi connectivity index (χ4v) is 1.82. The average Bonchev–Trinajstić information content (AvgIpc) is 2.45. The fourth-order valence-electron chi connectivity index (χ4n) is 0.991. The van der Waals surface area contributed by atoms with Gasteiger partial charge in [-0.25, -0.2) is 4.98 Å². The van der Waals surface area contributed by atoms with Crippen LogP contribution in [0.25, 0.3) is 0 Å². The molecular weight excluding hydrogens is 225 g/mol. The third-order valence-electron chi connectivity index (χ3n) is 1.64. The highest BCUT2D eigenvalue weighted by molar-refractivity contribution is 7.09. The molecule has 15 heavy (non-hydrogen) atoms. The second-order valence-electron chi connectivity index (χ2n) is 3.56. The lowest BCUT2D eigenvalue weighted by Crippen LogP contribution is -2.22. The Labute approximate surface area is 90.5 Å². The maximum absolute atomic E-state index is 12.0. The van der Waals surface area contributed by atoms with Crippen LogP contribution in [0.4, 0.5) is 13.2 Å². The quantitative estimate of drug-likeness (QED) is 0.872. The van der Waals surface area contributed by atoms with Crippen molar-refractivity contribution in [2.45, 2.75) is 39.0 Å². The van der Waals surface area contributed by atoms with Crippen LogP contribution in [0.2, 0.25) is 0 Å². The van der Waals surface area contributed by atoms with E-state index in [2.05, 4.69) is 10.3 Å². The van der Waals surface area contributed by atoms with E-state index in [9.17, 15) is 13.2 Å². The number of alkyl halides is 3. The van der Waals surface area contributed by atoms with E-state index in [1.54, 1.807) is 5.38 Å². The molecule has 0 unspecified atom stereocenters. The van der Waals surface area contributed by atoms with Crippen LogP contribution in [0.1, 0.15) is 24.5 Å². The number of thiazole rings is 1. The Morgan fingerprint density at radius 3 is 2.67 bits per heavy atom. The maximum Gasteiger partial charge on any atom is 0.395 e. The first-order valence-corrected chi connectivity index (χ1v) is 5.48. The van der Waals surface area contributed by atoms with Gasteiger partial charge in [0.15, 0.2) is 0 Å². The van der Waals surface area contributed by atoms with E-state index < -0.39 is 12.6 Å². The number of aromatic nitrogens is 1. The van der Waals surface area contributed by atoms with Crippen LogP contribution < -0.4 is 5.32 Å². The molecule has 0 aliphatic heterocycles. The van der Waals surface area contributed by atoms with Crippen molar-refractivity contribution in [3.05, 3.63) is 16.1 Å². The van der Waals surface area contributed by atoms with Crippen LogP contribution in [0.5, 0.6) is 0 Å². The first-order chi connectivity index (χ1) is 6.87. The minimum absolute atomic E-state index is 0.128. The van der Waals surface area contributed by atoms with Gasteiger partial charge in [0.1, 0.15) is 5.01 Å². The molecular formula is C9H13F3N2S. The molecule has 0 radical (unpaired) electrons. The smallest absolute Gasteiger partial charge is 0.309 e. The Hall–Kier alpha value is -0.620. The molecule has 1 aromatic heterocycles. The van der Waals surface area contributed by atoms with Crippen molar-refractivity contribution in [2.75, 3.05) is 0 Å². The van der Waals surface area contributed by atoms with E-state index in [0.29, 0.717) is 18.3 Å². The van der Waals surface area contributed by atoms with E-state index in [4.69, 9.17) is 0 Å². The SMILES string of the molecule is CC(C)NCc1csc(CC(F)(F)F)n1. The molecule has 2 nitrogen and oxygen atoms in total. The average molecular weight is 238 g/mol. The fraction of sp³-hybridized carbons (Fsp3) is 0.667. The number of hydrogen-bond donors (Lipinski definition) is 1. The summed E-state index contributed by atoms with van der Waals surface area (Å²) in [6.45, 7) is 4.47. The molecule has 0 fully saturated rings. The standard InChI is InChI=1S/C9H13F3N2S/c1-6(2)13-4-7-5-15-8(14-7)3-9(10,11)12/h5-6,13H,3-4H2,1-2H3. The Morgan fingerprint density at radius 1 is 1.47 bits per heavy atom. The highest BCUT2D eigenvalue weighted by Gasteiger charge is 2.29. The summed E-state index contributed by atoms with van der Waals surface area (Å²) in [6, 6.07) is 0.303. The van der Waals surface area contributed by atoms with Gasteiger partial charge in [0.05, 0.1) is 12.1 Å². The van der Waals surface area contributed by atoms with Crippen molar-refractivity contribution in [3.8, 4) is 0 Å². The molecule has 0 aliphatic rings. The molecule has 0 amide bonds. The largest absolute Gasteiger partial charge is 0.395 e. The van der Waals surface area contributed by atoms with Crippen molar-refractivity contribution >= 4 is 11.3 Å². The minimum atomic E-state index is -4.17. The summed E-state index contributed by atoms with van der Waals surface area (Å²) >= 11 is 1.06. The van der Waals surface area contributed by atoms with Gasteiger partial charge in [0.25, 0.3) is 0 Å². The second kappa shape index (κ2) is 4.94. The van der Waals surface area contributed by atoms with Crippen molar-refractivity contribution < 1.29 is 13.2 Å². The van der Waals surface area contributed by atoms with Gasteiger partial charge in [-0.05, 0) is 0 Å². The highest BCUT2D eigenvalue weighted by atomic mass is 32.1. The first-order valence-electron chi connectivity index (χ1n) is 4.60. The Bertz CT molecular complexity index is 307. The van der Waals surface area contributed by atoms with E-state index in [0.717, 1.165) is 11.3 Å². The Kier molecular flexibility index (Phi) is 4.10. The normalized spacial score (nSPS) is 12.4. The molecule has 0 saturated carbocycles. The number of halogens is 3. The van der Waals surface area contributed by atoms with Crippen molar-refractivity contribution in [1.29, 1.82) is 0 Å². The monoisotopic (exact) mass is 238 g/mol. The number of rotatable bonds is 4. The van der Waals surface area contributed by atoms with Crippen molar-refractivity contribution in [1.82, 2.24) is 10.3 Å². The number of nitrogens with zero attached hydrogens (tertiary/aromatic N) is 1. The zero-order valence-corrected chi connectivity index (χ0v) is 9.37. The van der Waals surface area contributed by atoms with Gasteiger partial charge in [-0.2, -0.15) is 13.2 Å². The molecule has 86 valence electrons. The lowest BCUT2D eigenvalue weighted by Gasteiger charge is -2.05. The lowest BCUT2D eigenvalue weighted by molar-refractivity contribution is -0.127. The summed E-state index contributed by atoms with van der Waals surface area (Å²) in [5.41, 5.74) is 0.674. The van der Waals surface area contributed by atoms with Gasteiger partial charge in [0, 0.05) is 18.0 Å². The van der Waals surface area contributed by atoms with Crippen molar-refractivity contribution in [3.63, 3.8) is 0 Å². The molecule has 0 aliphatic carbocycles. The van der Waals surface area contributed by atoms with Gasteiger partial charge in [-0.3, -0.25) is 0 Å². The summed E-state index contributed by atoms with van der Waals surface area (Å²) in [5, 5.41) is 4.89. The number of hydrogen-bond acceptors (Lipinski definition) is 3. The second-order valence-corrected chi connectivity index (χ2v) is 4.50. The lowest BCUT2D eigenvalue weighted by atomic mass is 10.3. The molecule has 0 saturated heterocycles. The predicted molar refractivity (Wildman–Crippen MR) is 53.8 cm³/mol. The van der Waals surface area contributed by atoms with Gasteiger partial charge in [0.2, 0.25) is 0 Å². The number of nitrogens with one attached hydrogen (secondary N) is 1. The van der Waals surface area contributed by atoms with E-state index in [-0.39, 0.29) is 5.01 Å². The van der Waals surface area contributed by atoms with E-state index in [1.807, 2.05) is 13.8 Å². The maximum atomic E-state index is 12.0. The minimum Gasteiger partial charge on any atom is -0.309 e. The molecule has 0 bridgehead atoms. The predicted octanol–water partition coefficient (Wildman–Crippen LogP) is 2.75. The zero-order valence-electron chi connectivity index (χ0n) is 8.56. The summed E-state index contributed by atoms with van der Waals surface area (Å²) in [5.74, 6) is 0. The van der Waals surface area contributed by atoms with Gasteiger partial charge < -0.3 is 5.32 Å².